The monoisotopic (exact) mass is 232 g/mol. The molecule has 16 heavy (non-hydrogen) atoms. The van der Waals surface area contributed by atoms with Crippen LogP contribution in [0.5, 0.6) is 0 Å². The van der Waals surface area contributed by atoms with E-state index < -0.39 is 0 Å². The second kappa shape index (κ2) is 7.94. The van der Waals surface area contributed by atoms with E-state index >= 15 is 0 Å². The Morgan fingerprint density at radius 2 is 2.06 bits per heavy atom. The summed E-state index contributed by atoms with van der Waals surface area (Å²) in [6.45, 7) is 0. The normalized spacial score (nSPS) is 11.9. The molecule has 0 saturated heterocycles. The van der Waals surface area contributed by atoms with E-state index in [0.717, 1.165) is 12.7 Å². The number of thioether (sulfide) groups is 1. The first-order chi connectivity index (χ1) is 7.86. The fraction of sp³-hybridized carbons (Fsp3) is 0.214. The molecule has 0 fully saturated rings. The number of allylic oxidation sites excluding steroid dienone is 3. The summed E-state index contributed by atoms with van der Waals surface area (Å²) in [7, 11) is 0. The Bertz CT molecular complexity index is 366. The van der Waals surface area contributed by atoms with Gasteiger partial charge in [0.2, 0.25) is 0 Å². The van der Waals surface area contributed by atoms with Gasteiger partial charge in [-0.05, 0) is 23.1 Å². The van der Waals surface area contributed by atoms with Crippen LogP contribution in [0.15, 0.2) is 47.4 Å². The quantitative estimate of drug-likeness (QED) is 0.546. The van der Waals surface area contributed by atoms with E-state index in [1.165, 1.54) is 10.5 Å². The number of carbonyl (C=O) groups is 1. The van der Waals surface area contributed by atoms with E-state index in [1.54, 1.807) is 11.8 Å². The lowest BCUT2D eigenvalue weighted by atomic mass is 10.2. The van der Waals surface area contributed by atoms with Crippen molar-refractivity contribution in [3.05, 3.63) is 53.0 Å². The third-order valence-corrected chi connectivity index (χ3v) is 3.01. The highest BCUT2D eigenvalue weighted by Gasteiger charge is 1.92. The highest BCUT2D eigenvalue weighted by molar-refractivity contribution is 8.02. The Kier molecular flexibility index (Phi) is 6.35. The molecule has 0 amide bonds. The first-order valence-corrected chi connectivity index (χ1v) is 6.49. The largest absolute Gasteiger partial charge is 0.303 e. The maximum absolute atomic E-state index is 10.3. The molecule has 0 N–H and O–H groups in total. The number of hydrogen-bond acceptors (Lipinski definition) is 2. The second-order valence-electron chi connectivity index (χ2n) is 3.31. The molecular weight excluding hydrogens is 216 g/mol. The van der Waals surface area contributed by atoms with Crippen LogP contribution >= 0.6 is 11.8 Å². The van der Waals surface area contributed by atoms with Gasteiger partial charge < -0.3 is 4.79 Å². The van der Waals surface area contributed by atoms with Gasteiger partial charge >= 0.3 is 0 Å². The predicted molar refractivity (Wildman–Crippen MR) is 72.4 cm³/mol. The molecule has 1 aromatic carbocycles. The fourth-order valence-corrected chi connectivity index (χ4v) is 1.82. The molecule has 0 aliphatic heterocycles. The molecule has 1 rings (SSSR count). The van der Waals surface area contributed by atoms with Crippen molar-refractivity contribution in [3.8, 4) is 0 Å². The van der Waals surface area contributed by atoms with E-state index in [-0.39, 0.29) is 0 Å². The van der Waals surface area contributed by atoms with Crippen LogP contribution in [0, 0.1) is 0 Å². The van der Waals surface area contributed by atoms with Crippen LogP contribution in [-0.2, 0) is 4.79 Å². The number of benzene rings is 1. The number of rotatable bonds is 6. The van der Waals surface area contributed by atoms with Gasteiger partial charge in [0.15, 0.2) is 0 Å². The second-order valence-corrected chi connectivity index (χ2v) is 4.24. The van der Waals surface area contributed by atoms with Crippen LogP contribution < -0.4 is 0 Å². The minimum absolute atomic E-state index is 0.603. The molecule has 0 aliphatic carbocycles. The summed E-state index contributed by atoms with van der Waals surface area (Å²) >= 11 is 1.70. The third-order valence-electron chi connectivity index (χ3n) is 2.14. The summed E-state index contributed by atoms with van der Waals surface area (Å²) in [5.41, 5.74) is 1.19. The minimum Gasteiger partial charge on any atom is -0.303 e. The van der Waals surface area contributed by atoms with Crippen LogP contribution in [0.4, 0.5) is 0 Å². The third kappa shape index (κ3) is 4.99. The summed E-state index contributed by atoms with van der Waals surface area (Å²) in [5, 5.41) is 0. The Morgan fingerprint density at radius 3 is 2.69 bits per heavy atom. The highest BCUT2D eigenvalue weighted by atomic mass is 32.2. The number of hydrogen-bond donors (Lipinski definition) is 0. The zero-order chi connectivity index (χ0) is 11.6. The van der Waals surface area contributed by atoms with Crippen molar-refractivity contribution in [2.45, 2.75) is 12.8 Å². The lowest BCUT2D eigenvalue weighted by Crippen LogP contribution is -1.78. The number of carbonyl (C=O) groups excluding carboxylic acids is 1. The Balaban J connectivity index is 2.55. The molecule has 0 atom stereocenters. The van der Waals surface area contributed by atoms with Gasteiger partial charge in [0.25, 0.3) is 0 Å². The molecular formula is C14H16OS. The zero-order valence-corrected chi connectivity index (χ0v) is 10.2. The molecule has 0 aliphatic rings. The Labute approximate surface area is 101 Å². The first-order valence-electron chi connectivity index (χ1n) is 5.26. The molecule has 0 aromatic heterocycles. The molecule has 0 radical (unpaired) electrons. The zero-order valence-electron chi connectivity index (χ0n) is 9.43. The molecule has 1 aromatic rings. The van der Waals surface area contributed by atoms with E-state index in [0.29, 0.717) is 6.42 Å². The maximum atomic E-state index is 10.3. The average Bonchev–Trinajstić information content (AvgIpc) is 2.35. The molecule has 0 heterocycles. The SMILES string of the molecule is CS/C(=C\C=C\c1ccccc1)CCC=O. The molecule has 2 heteroatoms. The molecule has 0 unspecified atom stereocenters. The van der Waals surface area contributed by atoms with E-state index in [2.05, 4.69) is 24.3 Å². The van der Waals surface area contributed by atoms with Crippen molar-refractivity contribution in [2.75, 3.05) is 6.26 Å². The van der Waals surface area contributed by atoms with Gasteiger partial charge in [-0.3, -0.25) is 0 Å². The molecule has 84 valence electrons. The van der Waals surface area contributed by atoms with Gasteiger partial charge in [-0.15, -0.1) is 11.8 Å². The van der Waals surface area contributed by atoms with Crippen LogP contribution in [0.3, 0.4) is 0 Å². The molecule has 1 nitrogen and oxygen atoms in total. The average molecular weight is 232 g/mol. The standard InChI is InChI=1S/C14H16OS/c1-16-14(11-6-12-15)10-5-9-13-7-3-2-4-8-13/h2-5,7-10,12H,6,11H2,1H3/b9-5+,14-10-. The topological polar surface area (TPSA) is 17.1 Å². The van der Waals surface area contributed by atoms with Gasteiger partial charge in [0.1, 0.15) is 6.29 Å². The van der Waals surface area contributed by atoms with Crippen LogP contribution in [0.25, 0.3) is 6.08 Å². The lowest BCUT2D eigenvalue weighted by Gasteiger charge is -1.98. The Morgan fingerprint density at radius 1 is 1.31 bits per heavy atom. The van der Waals surface area contributed by atoms with Gasteiger partial charge in [-0.1, -0.05) is 48.6 Å². The van der Waals surface area contributed by atoms with Crippen molar-refractivity contribution < 1.29 is 4.79 Å². The van der Waals surface area contributed by atoms with E-state index in [4.69, 9.17) is 0 Å². The summed E-state index contributed by atoms with van der Waals surface area (Å²) in [4.78, 5) is 11.5. The van der Waals surface area contributed by atoms with Crippen molar-refractivity contribution >= 4 is 24.1 Å². The summed E-state index contributed by atoms with van der Waals surface area (Å²) in [6, 6.07) is 10.2. The van der Waals surface area contributed by atoms with Crippen molar-refractivity contribution in [2.24, 2.45) is 0 Å². The van der Waals surface area contributed by atoms with E-state index in [1.807, 2.05) is 30.5 Å². The van der Waals surface area contributed by atoms with Gasteiger partial charge in [0.05, 0.1) is 0 Å². The summed E-state index contributed by atoms with van der Waals surface area (Å²) in [6.07, 6.45) is 10.6. The Hall–Kier alpha value is -1.28. The van der Waals surface area contributed by atoms with Crippen LogP contribution in [0.1, 0.15) is 18.4 Å². The maximum Gasteiger partial charge on any atom is 0.120 e. The lowest BCUT2D eigenvalue weighted by molar-refractivity contribution is -0.107. The predicted octanol–water partition coefficient (Wildman–Crippen LogP) is 3.93. The highest BCUT2D eigenvalue weighted by Crippen LogP contribution is 2.17. The van der Waals surface area contributed by atoms with Crippen molar-refractivity contribution in [3.63, 3.8) is 0 Å². The smallest absolute Gasteiger partial charge is 0.120 e. The minimum atomic E-state index is 0.603. The summed E-state index contributed by atoms with van der Waals surface area (Å²) < 4.78 is 0. The molecule has 0 bridgehead atoms. The number of aldehydes is 1. The van der Waals surface area contributed by atoms with E-state index in [9.17, 15) is 4.79 Å². The molecule has 0 spiro atoms. The van der Waals surface area contributed by atoms with Gasteiger partial charge in [0, 0.05) is 6.42 Å². The fourth-order valence-electron chi connectivity index (χ4n) is 1.29. The summed E-state index contributed by atoms with van der Waals surface area (Å²) in [5.74, 6) is 0. The van der Waals surface area contributed by atoms with Crippen LogP contribution in [-0.4, -0.2) is 12.5 Å². The van der Waals surface area contributed by atoms with Crippen molar-refractivity contribution in [1.82, 2.24) is 0 Å². The van der Waals surface area contributed by atoms with Gasteiger partial charge in [-0.25, -0.2) is 0 Å². The first kappa shape index (κ1) is 12.8. The molecule has 0 saturated carbocycles. The van der Waals surface area contributed by atoms with Gasteiger partial charge in [-0.2, -0.15) is 0 Å². The van der Waals surface area contributed by atoms with Crippen LogP contribution in [0.2, 0.25) is 0 Å². The van der Waals surface area contributed by atoms with Crippen molar-refractivity contribution in [1.29, 1.82) is 0 Å².